The van der Waals surface area contributed by atoms with Crippen LogP contribution in [0.3, 0.4) is 0 Å². The molecule has 0 heterocycles. The Morgan fingerprint density at radius 1 is 1.29 bits per heavy atom. The van der Waals surface area contributed by atoms with Gasteiger partial charge in [0.15, 0.2) is 0 Å². The molecule has 0 aliphatic heterocycles. The predicted molar refractivity (Wildman–Crippen MR) is 88.8 cm³/mol. The Balaban J connectivity index is 1.70. The lowest BCUT2D eigenvalue weighted by Gasteiger charge is -2.20. The van der Waals surface area contributed by atoms with E-state index in [1.54, 1.807) is 12.1 Å². The maximum Gasteiger partial charge on any atom is 0.124 e. The average Bonchev–Trinajstić information content (AvgIpc) is 3.20. The second kappa shape index (κ2) is 6.78. The maximum atomic E-state index is 13.3. The number of fused-ring (bicyclic) bond motifs is 1. The van der Waals surface area contributed by atoms with E-state index in [9.17, 15) is 4.39 Å². The van der Waals surface area contributed by atoms with Crippen molar-refractivity contribution in [3.63, 3.8) is 0 Å². The SMILES string of the molecule is CCCNC(Cc1ccc(F)cc1Br)C1C2CCCCC21. The van der Waals surface area contributed by atoms with Crippen molar-refractivity contribution in [1.29, 1.82) is 0 Å². The Kier molecular flexibility index (Phi) is 5.00. The van der Waals surface area contributed by atoms with Crippen LogP contribution >= 0.6 is 15.9 Å². The molecule has 1 N–H and O–H groups in total. The van der Waals surface area contributed by atoms with Gasteiger partial charge in [-0.1, -0.05) is 41.8 Å². The Labute approximate surface area is 135 Å². The highest BCUT2D eigenvalue weighted by Gasteiger charge is 2.53. The zero-order valence-corrected chi connectivity index (χ0v) is 14.3. The van der Waals surface area contributed by atoms with Gasteiger partial charge in [0, 0.05) is 10.5 Å². The maximum absolute atomic E-state index is 13.3. The van der Waals surface area contributed by atoms with Gasteiger partial charge in [0.25, 0.3) is 0 Å². The van der Waals surface area contributed by atoms with Gasteiger partial charge in [-0.2, -0.15) is 0 Å². The summed E-state index contributed by atoms with van der Waals surface area (Å²) < 4.78 is 14.2. The van der Waals surface area contributed by atoms with Crippen molar-refractivity contribution < 1.29 is 4.39 Å². The number of benzene rings is 1. The minimum Gasteiger partial charge on any atom is -0.313 e. The number of hydrogen-bond acceptors (Lipinski definition) is 1. The summed E-state index contributed by atoms with van der Waals surface area (Å²) in [5.74, 6) is 2.58. The van der Waals surface area contributed by atoms with Crippen molar-refractivity contribution in [1.82, 2.24) is 5.32 Å². The van der Waals surface area contributed by atoms with E-state index >= 15 is 0 Å². The lowest BCUT2D eigenvalue weighted by molar-refractivity contribution is 0.427. The second-order valence-corrected chi connectivity index (χ2v) is 7.54. The zero-order chi connectivity index (χ0) is 14.8. The van der Waals surface area contributed by atoms with Gasteiger partial charge >= 0.3 is 0 Å². The molecule has 3 unspecified atom stereocenters. The molecule has 1 nitrogen and oxygen atoms in total. The van der Waals surface area contributed by atoms with Crippen LogP contribution in [0.2, 0.25) is 0 Å². The predicted octanol–water partition coefficient (Wildman–Crippen LogP) is 4.94. The van der Waals surface area contributed by atoms with E-state index in [2.05, 4.69) is 28.2 Å². The molecule has 2 saturated carbocycles. The number of hydrogen-bond donors (Lipinski definition) is 1. The van der Waals surface area contributed by atoms with Crippen LogP contribution in [0.25, 0.3) is 0 Å². The van der Waals surface area contributed by atoms with Gasteiger partial charge < -0.3 is 5.32 Å². The lowest BCUT2D eigenvalue weighted by Crippen LogP contribution is -2.35. The molecule has 2 aliphatic rings. The molecule has 1 aromatic rings. The molecule has 0 amide bonds. The van der Waals surface area contributed by atoms with Gasteiger partial charge in [0.05, 0.1) is 0 Å². The highest BCUT2D eigenvalue weighted by molar-refractivity contribution is 9.10. The van der Waals surface area contributed by atoms with E-state index in [0.29, 0.717) is 6.04 Å². The molecule has 2 fully saturated rings. The third-order valence-electron chi connectivity index (χ3n) is 5.30. The van der Waals surface area contributed by atoms with Crippen molar-refractivity contribution in [2.75, 3.05) is 6.54 Å². The fourth-order valence-corrected chi connectivity index (χ4v) is 4.76. The molecule has 116 valence electrons. The molecule has 0 bridgehead atoms. The topological polar surface area (TPSA) is 12.0 Å². The van der Waals surface area contributed by atoms with Gasteiger partial charge in [-0.05, 0) is 67.7 Å². The molecule has 3 rings (SSSR count). The summed E-state index contributed by atoms with van der Waals surface area (Å²) in [6, 6.07) is 5.66. The summed E-state index contributed by atoms with van der Waals surface area (Å²) in [7, 11) is 0. The molecule has 3 heteroatoms. The molecule has 21 heavy (non-hydrogen) atoms. The Morgan fingerprint density at radius 2 is 2.00 bits per heavy atom. The summed E-state index contributed by atoms with van der Waals surface area (Å²) in [5, 5.41) is 3.76. The van der Waals surface area contributed by atoms with Crippen LogP contribution in [-0.2, 0) is 6.42 Å². The number of rotatable bonds is 6. The Morgan fingerprint density at radius 3 is 2.62 bits per heavy atom. The highest BCUT2D eigenvalue weighted by Crippen LogP contribution is 2.57. The summed E-state index contributed by atoms with van der Waals surface area (Å²) in [6.45, 7) is 3.30. The first-order valence-electron chi connectivity index (χ1n) is 8.38. The first kappa shape index (κ1) is 15.5. The molecule has 0 aromatic heterocycles. The van der Waals surface area contributed by atoms with Crippen LogP contribution in [0, 0.1) is 23.6 Å². The molecular formula is C18H25BrFN. The van der Waals surface area contributed by atoms with Crippen LogP contribution in [-0.4, -0.2) is 12.6 Å². The third-order valence-corrected chi connectivity index (χ3v) is 6.04. The average molecular weight is 354 g/mol. The lowest BCUT2D eigenvalue weighted by atomic mass is 9.99. The van der Waals surface area contributed by atoms with E-state index < -0.39 is 0 Å². The molecule has 1 aromatic carbocycles. The summed E-state index contributed by atoms with van der Waals surface area (Å²) >= 11 is 3.52. The standard InChI is InChI=1S/C18H25BrFN/c1-2-9-21-17(18-14-5-3-4-6-15(14)18)10-12-7-8-13(20)11-16(12)19/h7-8,11,14-15,17-18,21H,2-6,9-10H2,1H3. The molecule has 2 aliphatic carbocycles. The molecule has 0 saturated heterocycles. The van der Waals surface area contributed by atoms with E-state index in [4.69, 9.17) is 0 Å². The largest absolute Gasteiger partial charge is 0.313 e. The van der Waals surface area contributed by atoms with E-state index in [1.807, 2.05) is 6.07 Å². The quantitative estimate of drug-likeness (QED) is 0.763. The van der Waals surface area contributed by atoms with Crippen molar-refractivity contribution in [2.24, 2.45) is 17.8 Å². The monoisotopic (exact) mass is 353 g/mol. The zero-order valence-electron chi connectivity index (χ0n) is 12.7. The van der Waals surface area contributed by atoms with Crippen LogP contribution in [0.5, 0.6) is 0 Å². The van der Waals surface area contributed by atoms with Crippen molar-refractivity contribution in [3.05, 3.63) is 34.1 Å². The summed E-state index contributed by atoms with van der Waals surface area (Å²) in [4.78, 5) is 0. The highest BCUT2D eigenvalue weighted by atomic mass is 79.9. The summed E-state index contributed by atoms with van der Waals surface area (Å²) in [5.41, 5.74) is 1.23. The van der Waals surface area contributed by atoms with Crippen LogP contribution in [0.1, 0.15) is 44.6 Å². The van der Waals surface area contributed by atoms with Crippen LogP contribution in [0.15, 0.2) is 22.7 Å². The Hall–Kier alpha value is -0.410. The Bertz CT molecular complexity index is 478. The number of halogens is 2. The van der Waals surface area contributed by atoms with Gasteiger partial charge in [0.1, 0.15) is 5.82 Å². The fourth-order valence-electron chi connectivity index (χ4n) is 4.24. The molecule has 3 atom stereocenters. The smallest absolute Gasteiger partial charge is 0.124 e. The van der Waals surface area contributed by atoms with Gasteiger partial charge in [-0.15, -0.1) is 0 Å². The van der Waals surface area contributed by atoms with Crippen molar-refractivity contribution >= 4 is 15.9 Å². The second-order valence-electron chi connectivity index (χ2n) is 6.69. The molecule has 0 radical (unpaired) electrons. The van der Waals surface area contributed by atoms with Crippen molar-refractivity contribution in [3.8, 4) is 0 Å². The number of nitrogens with one attached hydrogen (secondary N) is 1. The van der Waals surface area contributed by atoms with Crippen LogP contribution < -0.4 is 5.32 Å². The molecular weight excluding hydrogens is 329 g/mol. The molecule has 0 spiro atoms. The first-order valence-corrected chi connectivity index (χ1v) is 9.17. The van der Waals surface area contributed by atoms with E-state index in [0.717, 1.165) is 35.2 Å². The van der Waals surface area contributed by atoms with Crippen LogP contribution in [0.4, 0.5) is 4.39 Å². The summed E-state index contributed by atoms with van der Waals surface area (Å²) in [6.07, 6.45) is 7.85. The van der Waals surface area contributed by atoms with Gasteiger partial charge in [-0.3, -0.25) is 0 Å². The first-order chi connectivity index (χ1) is 10.2. The van der Waals surface area contributed by atoms with E-state index in [-0.39, 0.29) is 5.82 Å². The fraction of sp³-hybridized carbons (Fsp3) is 0.667. The van der Waals surface area contributed by atoms with Crippen molar-refractivity contribution in [2.45, 2.75) is 51.5 Å². The minimum atomic E-state index is -0.163. The third kappa shape index (κ3) is 3.50. The van der Waals surface area contributed by atoms with E-state index in [1.165, 1.54) is 37.7 Å². The van der Waals surface area contributed by atoms with Gasteiger partial charge in [0.2, 0.25) is 0 Å². The minimum absolute atomic E-state index is 0.163. The van der Waals surface area contributed by atoms with Gasteiger partial charge in [-0.25, -0.2) is 4.39 Å². The normalized spacial score (nSPS) is 29.0.